The molecule has 1 amide bonds. The summed E-state index contributed by atoms with van der Waals surface area (Å²) in [6.07, 6.45) is 3.00. The second-order valence-electron chi connectivity index (χ2n) is 4.98. The maximum absolute atomic E-state index is 12.1. The Balaban J connectivity index is 1.69. The summed E-state index contributed by atoms with van der Waals surface area (Å²) in [6.45, 7) is 1.73. The molecule has 0 saturated heterocycles. The van der Waals surface area contributed by atoms with Gasteiger partial charge in [-0.1, -0.05) is 12.1 Å². The summed E-state index contributed by atoms with van der Waals surface area (Å²) in [5, 5.41) is 2.76. The summed E-state index contributed by atoms with van der Waals surface area (Å²) in [5.41, 5.74) is 1.05. The number of aromatic nitrogens is 1. The number of para-hydroxylation sites is 2. The molecule has 0 aliphatic rings. The minimum atomic E-state index is -0.249. The Bertz CT molecular complexity index is 840. The number of carbonyl (C=O) groups excluding carboxylic acids is 1. The first kappa shape index (κ1) is 15.6. The third-order valence-corrected chi connectivity index (χ3v) is 3.38. The van der Waals surface area contributed by atoms with E-state index < -0.39 is 0 Å². The van der Waals surface area contributed by atoms with Crippen LogP contribution in [-0.4, -0.2) is 18.0 Å². The molecule has 1 N–H and O–H groups in total. The molecular weight excluding hydrogens is 308 g/mol. The van der Waals surface area contributed by atoms with Crippen LogP contribution in [0.1, 0.15) is 16.1 Å². The molecule has 0 aliphatic heterocycles. The molecule has 2 heterocycles. The van der Waals surface area contributed by atoms with Gasteiger partial charge < -0.3 is 19.2 Å². The van der Waals surface area contributed by atoms with Crippen LogP contribution in [0.15, 0.2) is 59.3 Å². The van der Waals surface area contributed by atoms with E-state index in [2.05, 4.69) is 10.3 Å². The molecule has 0 saturated carbocycles. The highest BCUT2D eigenvalue weighted by molar-refractivity contribution is 6.04. The van der Waals surface area contributed by atoms with Crippen molar-refractivity contribution in [3.63, 3.8) is 0 Å². The van der Waals surface area contributed by atoms with Crippen LogP contribution >= 0.6 is 0 Å². The summed E-state index contributed by atoms with van der Waals surface area (Å²) in [4.78, 5) is 16.3. The number of rotatable bonds is 5. The van der Waals surface area contributed by atoms with E-state index in [1.165, 1.54) is 12.5 Å². The quantitative estimate of drug-likeness (QED) is 0.767. The number of methoxy groups -OCH3 is 1. The van der Waals surface area contributed by atoms with E-state index in [0.717, 1.165) is 0 Å². The van der Waals surface area contributed by atoms with Crippen LogP contribution in [0.25, 0.3) is 0 Å². The molecule has 1 aromatic carbocycles. The minimum Gasteiger partial charge on any atom is -0.493 e. The highest BCUT2D eigenvalue weighted by Gasteiger charge is 2.12. The second-order valence-corrected chi connectivity index (χ2v) is 4.98. The van der Waals surface area contributed by atoms with E-state index in [1.54, 1.807) is 44.4 Å². The smallest absolute Gasteiger partial charge is 0.259 e. The zero-order valence-electron chi connectivity index (χ0n) is 13.3. The number of anilines is 1. The number of carbonyl (C=O) groups is 1. The molecule has 3 aromatic rings. The highest BCUT2D eigenvalue weighted by atomic mass is 16.5. The van der Waals surface area contributed by atoms with Crippen molar-refractivity contribution in [1.29, 1.82) is 0 Å². The van der Waals surface area contributed by atoms with Crippen molar-refractivity contribution in [2.75, 3.05) is 12.4 Å². The second kappa shape index (κ2) is 6.87. The fourth-order valence-electron chi connectivity index (χ4n) is 2.15. The van der Waals surface area contributed by atoms with Crippen LogP contribution < -0.4 is 14.8 Å². The van der Waals surface area contributed by atoms with Crippen LogP contribution in [-0.2, 0) is 0 Å². The van der Waals surface area contributed by atoms with Gasteiger partial charge in [0.05, 0.1) is 30.8 Å². The summed E-state index contributed by atoms with van der Waals surface area (Å²) in [5.74, 6) is 1.90. The summed E-state index contributed by atoms with van der Waals surface area (Å²) in [6, 6.07) is 12.3. The molecule has 0 aliphatic carbocycles. The van der Waals surface area contributed by atoms with Crippen LogP contribution in [0.4, 0.5) is 5.69 Å². The Kier molecular flexibility index (Phi) is 4.47. The lowest BCUT2D eigenvalue weighted by atomic mass is 10.2. The third-order valence-electron chi connectivity index (χ3n) is 3.38. The van der Waals surface area contributed by atoms with Gasteiger partial charge in [-0.05, 0) is 31.2 Å². The van der Waals surface area contributed by atoms with Gasteiger partial charge >= 0.3 is 0 Å². The number of aryl methyl sites for hydroxylation is 1. The van der Waals surface area contributed by atoms with E-state index in [0.29, 0.717) is 34.4 Å². The normalized spacial score (nSPS) is 10.2. The molecule has 6 nitrogen and oxygen atoms in total. The molecule has 0 atom stereocenters. The Morgan fingerprint density at radius 1 is 1.12 bits per heavy atom. The van der Waals surface area contributed by atoms with Gasteiger partial charge in [-0.3, -0.25) is 4.79 Å². The van der Waals surface area contributed by atoms with Crippen LogP contribution in [0.3, 0.4) is 0 Å². The predicted molar refractivity (Wildman–Crippen MR) is 88.7 cm³/mol. The topological polar surface area (TPSA) is 73.6 Å². The van der Waals surface area contributed by atoms with Crippen molar-refractivity contribution in [3.05, 3.63) is 66.2 Å². The number of benzene rings is 1. The van der Waals surface area contributed by atoms with E-state index in [4.69, 9.17) is 13.9 Å². The average molecular weight is 324 g/mol. The van der Waals surface area contributed by atoms with E-state index in [1.807, 2.05) is 12.1 Å². The van der Waals surface area contributed by atoms with Crippen molar-refractivity contribution >= 4 is 11.6 Å². The van der Waals surface area contributed by atoms with Gasteiger partial charge in [-0.15, -0.1) is 0 Å². The molecular formula is C18H16N2O4. The van der Waals surface area contributed by atoms with Gasteiger partial charge in [0.1, 0.15) is 5.76 Å². The maximum atomic E-state index is 12.1. The van der Waals surface area contributed by atoms with Gasteiger partial charge in [0.2, 0.25) is 5.88 Å². The number of amides is 1. The van der Waals surface area contributed by atoms with Crippen molar-refractivity contribution in [1.82, 2.24) is 4.98 Å². The lowest BCUT2D eigenvalue weighted by Gasteiger charge is -2.09. The first-order chi connectivity index (χ1) is 11.7. The number of nitrogens with zero attached hydrogens (tertiary/aromatic N) is 1. The number of hydrogen-bond acceptors (Lipinski definition) is 5. The summed E-state index contributed by atoms with van der Waals surface area (Å²) < 4.78 is 16.0. The molecule has 0 fully saturated rings. The Morgan fingerprint density at radius 3 is 2.54 bits per heavy atom. The molecule has 122 valence electrons. The lowest BCUT2D eigenvalue weighted by Crippen LogP contribution is -2.12. The zero-order valence-corrected chi connectivity index (χ0v) is 13.3. The SMILES string of the molecule is COc1ccccc1Oc1ccc(NC(=O)c2ccoc2C)cn1. The van der Waals surface area contributed by atoms with E-state index in [9.17, 15) is 4.79 Å². The fraction of sp³-hybridized carbons (Fsp3) is 0.111. The zero-order chi connectivity index (χ0) is 16.9. The Morgan fingerprint density at radius 2 is 1.92 bits per heavy atom. The van der Waals surface area contributed by atoms with Gasteiger partial charge in [0.15, 0.2) is 11.5 Å². The van der Waals surface area contributed by atoms with Crippen molar-refractivity contribution in [2.45, 2.75) is 6.92 Å². The number of ether oxygens (including phenoxy) is 2. The lowest BCUT2D eigenvalue weighted by molar-refractivity contribution is 0.102. The molecule has 0 radical (unpaired) electrons. The fourth-order valence-corrected chi connectivity index (χ4v) is 2.15. The highest BCUT2D eigenvalue weighted by Crippen LogP contribution is 2.30. The molecule has 6 heteroatoms. The average Bonchev–Trinajstić information content (AvgIpc) is 3.03. The summed E-state index contributed by atoms with van der Waals surface area (Å²) >= 11 is 0. The minimum absolute atomic E-state index is 0.249. The van der Waals surface area contributed by atoms with Crippen LogP contribution in [0.5, 0.6) is 17.4 Å². The predicted octanol–water partition coefficient (Wildman–Crippen LogP) is 4.04. The maximum Gasteiger partial charge on any atom is 0.259 e. The first-order valence-electron chi connectivity index (χ1n) is 7.30. The number of hydrogen-bond donors (Lipinski definition) is 1. The van der Waals surface area contributed by atoms with Crippen LogP contribution in [0.2, 0.25) is 0 Å². The molecule has 0 bridgehead atoms. The van der Waals surface area contributed by atoms with Crippen molar-refractivity contribution in [2.24, 2.45) is 0 Å². The molecule has 3 rings (SSSR count). The van der Waals surface area contributed by atoms with Gasteiger partial charge in [-0.2, -0.15) is 0 Å². The van der Waals surface area contributed by atoms with Crippen molar-refractivity contribution < 1.29 is 18.7 Å². The van der Waals surface area contributed by atoms with Crippen LogP contribution in [0, 0.1) is 6.92 Å². The summed E-state index contributed by atoms with van der Waals surface area (Å²) in [7, 11) is 1.58. The largest absolute Gasteiger partial charge is 0.493 e. The Hall–Kier alpha value is -3.28. The molecule has 2 aromatic heterocycles. The number of pyridine rings is 1. The van der Waals surface area contributed by atoms with E-state index in [-0.39, 0.29) is 5.91 Å². The van der Waals surface area contributed by atoms with Gasteiger partial charge in [0.25, 0.3) is 5.91 Å². The number of nitrogens with one attached hydrogen (secondary N) is 1. The van der Waals surface area contributed by atoms with E-state index >= 15 is 0 Å². The van der Waals surface area contributed by atoms with Crippen molar-refractivity contribution in [3.8, 4) is 17.4 Å². The van der Waals surface area contributed by atoms with Gasteiger partial charge in [-0.25, -0.2) is 4.98 Å². The first-order valence-corrected chi connectivity index (χ1v) is 7.30. The molecule has 0 unspecified atom stereocenters. The monoisotopic (exact) mass is 324 g/mol. The molecule has 24 heavy (non-hydrogen) atoms. The Labute approximate surface area is 139 Å². The third kappa shape index (κ3) is 3.38. The number of furan rings is 1. The molecule has 0 spiro atoms. The van der Waals surface area contributed by atoms with Gasteiger partial charge in [0, 0.05) is 6.07 Å². The standard InChI is InChI=1S/C18H16N2O4/c1-12-14(9-10-23-12)18(21)20-13-7-8-17(19-11-13)24-16-6-4-3-5-15(16)22-2/h3-11H,1-2H3,(H,20,21).